The molecule has 0 radical (unpaired) electrons. The molecule has 3 rings (SSSR count). The van der Waals surface area contributed by atoms with Crippen LogP contribution in [-0.2, 0) is 14.8 Å². The summed E-state index contributed by atoms with van der Waals surface area (Å²) in [6, 6.07) is 12.3. The van der Waals surface area contributed by atoms with Crippen molar-refractivity contribution < 1.29 is 17.9 Å². The number of hydrogen-bond acceptors (Lipinski definition) is 4. The molecule has 0 N–H and O–H groups in total. The monoisotopic (exact) mass is 464 g/mol. The summed E-state index contributed by atoms with van der Waals surface area (Å²) in [5, 5.41) is 0.494. The third kappa shape index (κ3) is 6.21. The molecule has 1 saturated heterocycles. The first-order valence-corrected chi connectivity index (χ1v) is 12.3. The maximum Gasteiger partial charge on any atom is 0.243 e. The standard InChI is InChI=1S/C23H29ClN2O4S/c1-18-6-7-19(2)22(17-18)30-16-4-3-5-23(27)25-12-14-26(15-13-25)31(28,29)21-10-8-20(24)9-11-21/h6-11,17H,3-5,12-16H2,1-2H3. The van der Waals surface area contributed by atoms with E-state index in [1.165, 1.54) is 16.4 Å². The van der Waals surface area contributed by atoms with Gasteiger partial charge in [0.25, 0.3) is 0 Å². The van der Waals surface area contributed by atoms with E-state index in [4.69, 9.17) is 16.3 Å². The Bertz CT molecular complexity index is 1000. The zero-order chi connectivity index (χ0) is 22.4. The zero-order valence-electron chi connectivity index (χ0n) is 18.0. The lowest BCUT2D eigenvalue weighted by molar-refractivity contribution is -0.132. The summed E-state index contributed by atoms with van der Waals surface area (Å²) in [6.45, 7) is 6.04. The first-order valence-electron chi connectivity index (χ1n) is 10.5. The Hall–Kier alpha value is -2.09. The van der Waals surface area contributed by atoms with Gasteiger partial charge >= 0.3 is 0 Å². The fourth-order valence-electron chi connectivity index (χ4n) is 3.51. The second-order valence-corrected chi connectivity index (χ2v) is 10.2. The van der Waals surface area contributed by atoms with Crippen LogP contribution in [0.3, 0.4) is 0 Å². The van der Waals surface area contributed by atoms with E-state index in [0.717, 1.165) is 29.7 Å². The van der Waals surface area contributed by atoms with Crippen LogP contribution >= 0.6 is 11.6 Å². The van der Waals surface area contributed by atoms with Crippen molar-refractivity contribution in [3.05, 3.63) is 58.6 Å². The number of halogens is 1. The summed E-state index contributed by atoms with van der Waals surface area (Å²) >= 11 is 5.85. The largest absolute Gasteiger partial charge is 0.493 e. The molecule has 0 spiro atoms. The SMILES string of the molecule is Cc1ccc(C)c(OCCCCC(=O)N2CCN(S(=O)(=O)c3ccc(Cl)cc3)CC2)c1. The highest BCUT2D eigenvalue weighted by Gasteiger charge is 2.29. The molecule has 0 bridgehead atoms. The molecule has 0 atom stereocenters. The van der Waals surface area contributed by atoms with E-state index in [-0.39, 0.29) is 10.8 Å². The highest BCUT2D eigenvalue weighted by atomic mass is 35.5. The van der Waals surface area contributed by atoms with Crippen LogP contribution < -0.4 is 4.74 Å². The van der Waals surface area contributed by atoms with Crippen LogP contribution in [0.4, 0.5) is 0 Å². The lowest BCUT2D eigenvalue weighted by Crippen LogP contribution is -2.50. The second kappa shape index (κ2) is 10.5. The summed E-state index contributed by atoms with van der Waals surface area (Å²) in [5.41, 5.74) is 2.26. The number of ether oxygens (including phenoxy) is 1. The Balaban J connectivity index is 1.40. The number of rotatable bonds is 8. The minimum Gasteiger partial charge on any atom is -0.493 e. The molecular formula is C23H29ClN2O4S. The predicted octanol–water partition coefficient (Wildman–Crippen LogP) is 4.04. The van der Waals surface area contributed by atoms with Gasteiger partial charge in [-0.2, -0.15) is 4.31 Å². The molecule has 0 aliphatic carbocycles. The molecule has 1 heterocycles. The third-order valence-electron chi connectivity index (χ3n) is 5.43. The van der Waals surface area contributed by atoms with E-state index in [1.807, 2.05) is 26.0 Å². The summed E-state index contributed by atoms with van der Waals surface area (Å²) in [5.74, 6) is 0.958. The molecule has 0 unspecified atom stereocenters. The maximum atomic E-state index is 12.7. The maximum absolute atomic E-state index is 12.7. The van der Waals surface area contributed by atoms with Gasteiger partial charge in [0.1, 0.15) is 5.75 Å². The topological polar surface area (TPSA) is 66.9 Å². The lowest BCUT2D eigenvalue weighted by atomic mass is 10.1. The number of amides is 1. The fourth-order valence-corrected chi connectivity index (χ4v) is 5.06. The number of nitrogens with zero attached hydrogens (tertiary/aromatic N) is 2. The van der Waals surface area contributed by atoms with E-state index >= 15 is 0 Å². The van der Waals surface area contributed by atoms with Gasteiger partial charge in [-0.05, 0) is 68.1 Å². The lowest BCUT2D eigenvalue weighted by Gasteiger charge is -2.34. The van der Waals surface area contributed by atoms with Crippen LogP contribution in [-0.4, -0.2) is 56.3 Å². The number of benzene rings is 2. The zero-order valence-corrected chi connectivity index (χ0v) is 19.6. The Labute approximate surface area is 189 Å². The number of unbranched alkanes of at least 4 members (excludes halogenated alkanes) is 1. The molecule has 1 aliphatic rings. The van der Waals surface area contributed by atoms with Gasteiger partial charge in [-0.3, -0.25) is 4.79 Å². The summed E-state index contributed by atoms with van der Waals surface area (Å²) < 4.78 is 32.8. The summed E-state index contributed by atoms with van der Waals surface area (Å²) in [7, 11) is -3.57. The molecule has 0 aromatic heterocycles. The predicted molar refractivity (Wildman–Crippen MR) is 122 cm³/mol. The van der Waals surface area contributed by atoms with Gasteiger partial charge in [-0.1, -0.05) is 23.7 Å². The van der Waals surface area contributed by atoms with Crippen molar-refractivity contribution in [1.29, 1.82) is 0 Å². The quantitative estimate of drug-likeness (QED) is 0.553. The van der Waals surface area contributed by atoms with Crippen molar-refractivity contribution in [3.63, 3.8) is 0 Å². The molecule has 2 aromatic carbocycles. The molecule has 0 saturated carbocycles. The van der Waals surface area contributed by atoms with Crippen LogP contribution in [0.15, 0.2) is 47.4 Å². The van der Waals surface area contributed by atoms with Crippen molar-refractivity contribution in [2.24, 2.45) is 0 Å². The van der Waals surface area contributed by atoms with E-state index in [1.54, 1.807) is 17.0 Å². The number of sulfonamides is 1. The highest BCUT2D eigenvalue weighted by molar-refractivity contribution is 7.89. The smallest absolute Gasteiger partial charge is 0.243 e. The van der Waals surface area contributed by atoms with Crippen molar-refractivity contribution in [3.8, 4) is 5.75 Å². The van der Waals surface area contributed by atoms with Crippen LogP contribution in [0.25, 0.3) is 0 Å². The van der Waals surface area contributed by atoms with Crippen molar-refractivity contribution >= 4 is 27.5 Å². The van der Waals surface area contributed by atoms with Gasteiger partial charge in [-0.25, -0.2) is 8.42 Å². The second-order valence-electron chi connectivity index (χ2n) is 7.81. The van der Waals surface area contributed by atoms with Gasteiger partial charge < -0.3 is 9.64 Å². The molecule has 168 valence electrons. The normalized spacial score (nSPS) is 15.1. The summed E-state index contributed by atoms with van der Waals surface area (Å²) in [4.78, 5) is 14.5. The van der Waals surface area contributed by atoms with Gasteiger partial charge in [0.2, 0.25) is 15.9 Å². The van der Waals surface area contributed by atoms with Gasteiger partial charge in [0.15, 0.2) is 0 Å². The van der Waals surface area contributed by atoms with E-state index in [2.05, 4.69) is 6.07 Å². The average Bonchev–Trinajstić information content (AvgIpc) is 2.76. The molecule has 1 aliphatic heterocycles. The van der Waals surface area contributed by atoms with Gasteiger partial charge in [-0.15, -0.1) is 0 Å². The van der Waals surface area contributed by atoms with Gasteiger partial charge in [0, 0.05) is 37.6 Å². The van der Waals surface area contributed by atoms with Crippen molar-refractivity contribution in [2.45, 2.75) is 38.0 Å². The molecular weight excluding hydrogens is 436 g/mol. The molecule has 1 fully saturated rings. The van der Waals surface area contributed by atoms with E-state index < -0.39 is 10.0 Å². The molecule has 6 nitrogen and oxygen atoms in total. The number of piperazine rings is 1. The number of hydrogen-bond donors (Lipinski definition) is 0. The molecule has 8 heteroatoms. The van der Waals surface area contributed by atoms with Crippen LogP contribution in [0, 0.1) is 13.8 Å². The summed E-state index contributed by atoms with van der Waals surface area (Å²) in [6.07, 6.45) is 1.98. The number of carbonyl (C=O) groups is 1. The van der Waals surface area contributed by atoms with Crippen LogP contribution in [0.1, 0.15) is 30.4 Å². The highest BCUT2D eigenvalue weighted by Crippen LogP contribution is 2.21. The first-order chi connectivity index (χ1) is 14.8. The van der Waals surface area contributed by atoms with Crippen molar-refractivity contribution in [2.75, 3.05) is 32.8 Å². The van der Waals surface area contributed by atoms with Crippen molar-refractivity contribution in [1.82, 2.24) is 9.21 Å². The Morgan fingerprint density at radius 2 is 1.68 bits per heavy atom. The molecule has 2 aromatic rings. The average molecular weight is 465 g/mol. The van der Waals surface area contributed by atoms with Crippen LogP contribution in [0.5, 0.6) is 5.75 Å². The first kappa shape index (κ1) is 23.6. The third-order valence-corrected chi connectivity index (χ3v) is 7.59. The fraction of sp³-hybridized carbons (Fsp3) is 0.435. The minimum absolute atomic E-state index is 0.0651. The Kier molecular flexibility index (Phi) is 7.97. The Morgan fingerprint density at radius 3 is 2.35 bits per heavy atom. The van der Waals surface area contributed by atoms with E-state index in [9.17, 15) is 13.2 Å². The molecule has 1 amide bonds. The van der Waals surface area contributed by atoms with Crippen LogP contribution in [0.2, 0.25) is 5.02 Å². The number of aryl methyl sites for hydroxylation is 2. The van der Waals surface area contributed by atoms with E-state index in [0.29, 0.717) is 44.2 Å². The Morgan fingerprint density at radius 1 is 1.00 bits per heavy atom. The van der Waals surface area contributed by atoms with Gasteiger partial charge in [0.05, 0.1) is 11.5 Å². The number of carbonyl (C=O) groups excluding carboxylic acids is 1. The minimum atomic E-state index is -3.57. The molecule has 31 heavy (non-hydrogen) atoms.